The Balaban J connectivity index is 1.72. The molecule has 1 atom stereocenters. The zero-order valence-electron chi connectivity index (χ0n) is 16.8. The Morgan fingerprint density at radius 2 is 2.00 bits per heavy atom. The molecule has 1 unspecified atom stereocenters. The highest BCUT2D eigenvalue weighted by molar-refractivity contribution is 7.91. The number of nitrogens with one attached hydrogen (secondary N) is 1. The van der Waals surface area contributed by atoms with E-state index in [1.807, 2.05) is 11.7 Å². The fraction of sp³-hybridized carbons (Fsp3) is 0.250. The minimum Gasteiger partial charge on any atom is -0.421 e. The number of hydrogen-bond acceptors (Lipinski definition) is 7. The van der Waals surface area contributed by atoms with Gasteiger partial charge in [-0.25, -0.2) is 13.2 Å². The van der Waals surface area contributed by atoms with Crippen LogP contribution in [-0.4, -0.2) is 58.2 Å². The zero-order chi connectivity index (χ0) is 22.8. The van der Waals surface area contributed by atoms with E-state index in [2.05, 4.69) is 15.0 Å². The van der Waals surface area contributed by atoms with Crippen LogP contribution in [0.1, 0.15) is 12.5 Å². The Morgan fingerprint density at radius 3 is 2.72 bits per heavy atom. The molecule has 0 aliphatic carbocycles. The summed E-state index contributed by atoms with van der Waals surface area (Å²) in [5.74, 6) is 0. The lowest BCUT2D eigenvalue weighted by atomic mass is 10.2. The normalized spacial score (nSPS) is 17.5. The van der Waals surface area contributed by atoms with E-state index in [1.165, 1.54) is 18.2 Å². The molecule has 4 aromatic rings. The van der Waals surface area contributed by atoms with E-state index in [9.17, 15) is 23.2 Å². The third-order valence-corrected chi connectivity index (χ3v) is 7.94. The summed E-state index contributed by atoms with van der Waals surface area (Å²) in [6.45, 7) is 1.74. The molecule has 10 nitrogen and oxygen atoms in total. The molecule has 1 aliphatic heterocycles. The van der Waals surface area contributed by atoms with Crippen LogP contribution in [0.4, 0.5) is 0 Å². The number of aromatic amines is 1. The molecular formula is C20H18ClN5O5S. The van der Waals surface area contributed by atoms with E-state index in [-0.39, 0.29) is 36.5 Å². The molecule has 166 valence electrons. The Hall–Kier alpha value is -3.15. The van der Waals surface area contributed by atoms with Gasteiger partial charge in [-0.15, -0.1) is 0 Å². The molecular weight excluding hydrogens is 458 g/mol. The average Bonchev–Trinajstić information content (AvgIpc) is 3.37. The lowest BCUT2D eigenvalue weighted by Gasteiger charge is -2.13. The van der Waals surface area contributed by atoms with Gasteiger partial charge >= 0.3 is 5.69 Å². The molecule has 2 N–H and O–H groups in total. The predicted molar refractivity (Wildman–Crippen MR) is 117 cm³/mol. The summed E-state index contributed by atoms with van der Waals surface area (Å²) in [5, 5.41) is 14.5. The van der Waals surface area contributed by atoms with Crippen molar-refractivity contribution in [3.05, 3.63) is 62.4 Å². The molecule has 0 saturated carbocycles. The van der Waals surface area contributed by atoms with Gasteiger partial charge in [-0.2, -0.15) is 5.10 Å². The summed E-state index contributed by atoms with van der Waals surface area (Å²) in [5.41, 5.74) is -1.86. The molecule has 1 aliphatic rings. The van der Waals surface area contributed by atoms with Gasteiger partial charge in [0.25, 0.3) is 5.56 Å². The number of likely N-dealkylation sites (tertiary alicyclic amines) is 1. The number of fused-ring (bicyclic) bond motifs is 2. The summed E-state index contributed by atoms with van der Waals surface area (Å²) < 4.78 is 28.8. The van der Waals surface area contributed by atoms with Crippen LogP contribution >= 0.6 is 11.6 Å². The maximum Gasteiger partial charge on any atom is 0.362 e. The van der Waals surface area contributed by atoms with Gasteiger partial charge in [-0.3, -0.25) is 9.48 Å². The van der Waals surface area contributed by atoms with Gasteiger partial charge in [0, 0.05) is 11.9 Å². The fourth-order valence-corrected chi connectivity index (χ4v) is 5.86. The molecule has 3 heterocycles. The summed E-state index contributed by atoms with van der Waals surface area (Å²) in [6, 6.07) is 7.27. The number of likely N-dealkylation sites (N-methyl/N-ethyl adjacent to an activating group) is 1. The van der Waals surface area contributed by atoms with Gasteiger partial charge < -0.3 is 15.1 Å². The van der Waals surface area contributed by atoms with E-state index in [0.29, 0.717) is 5.52 Å². The van der Waals surface area contributed by atoms with E-state index in [4.69, 9.17) is 11.6 Å². The Morgan fingerprint density at radius 1 is 1.22 bits per heavy atom. The Labute approximate surface area is 186 Å². The van der Waals surface area contributed by atoms with Crippen molar-refractivity contribution in [2.24, 2.45) is 0 Å². The van der Waals surface area contributed by atoms with Gasteiger partial charge in [0.05, 0.1) is 43.5 Å². The van der Waals surface area contributed by atoms with Crippen molar-refractivity contribution in [2.75, 3.05) is 20.1 Å². The molecule has 32 heavy (non-hydrogen) atoms. The molecule has 1 fully saturated rings. The number of benzene rings is 2. The lowest BCUT2D eigenvalue weighted by Crippen LogP contribution is -2.33. The van der Waals surface area contributed by atoms with Crippen molar-refractivity contribution in [1.29, 1.82) is 0 Å². The zero-order valence-corrected chi connectivity index (χ0v) is 18.4. The van der Waals surface area contributed by atoms with Gasteiger partial charge in [0.2, 0.25) is 9.84 Å². The van der Waals surface area contributed by atoms with Gasteiger partial charge in [-0.05, 0) is 50.3 Å². The standard InChI is InChI=1S/C20H18ClN5O5S/c1-24-7-6-12(10-24)25-15-8-13(3-2-11(15)9-22-25)32(30,31)16-5-4-14(21)17-18(16)23-20(28)26(29)19(17)27/h2-5,8-9,12,29H,6-7,10H2,1H3,(H,23,28). The van der Waals surface area contributed by atoms with Crippen LogP contribution in [0.25, 0.3) is 21.8 Å². The first kappa shape index (κ1) is 20.7. The molecule has 5 rings (SSSR count). The molecule has 0 radical (unpaired) electrons. The number of H-pyrrole nitrogens is 1. The molecule has 1 saturated heterocycles. The second-order valence-corrected chi connectivity index (χ2v) is 10.2. The monoisotopic (exact) mass is 475 g/mol. The highest BCUT2D eigenvalue weighted by Gasteiger charge is 2.27. The van der Waals surface area contributed by atoms with Gasteiger partial charge in [0.15, 0.2) is 0 Å². The lowest BCUT2D eigenvalue weighted by molar-refractivity contribution is 0.162. The van der Waals surface area contributed by atoms with E-state index < -0.39 is 21.1 Å². The van der Waals surface area contributed by atoms with Crippen molar-refractivity contribution in [2.45, 2.75) is 22.3 Å². The van der Waals surface area contributed by atoms with Crippen LogP contribution in [0.2, 0.25) is 5.02 Å². The van der Waals surface area contributed by atoms with Crippen LogP contribution in [0.3, 0.4) is 0 Å². The largest absolute Gasteiger partial charge is 0.421 e. The van der Waals surface area contributed by atoms with Crippen LogP contribution in [0.5, 0.6) is 0 Å². The van der Waals surface area contributed by atoms with Crippen LogP contribution in [-0.2, 0) is 9.84 Å². The van der Waals surface area contributed by atoms with Crippen molar-refractivity contribution in [3.63, 3.8) is 0 Å². The van der Waals surface area contributed by atoms with Gasteiger partial charge in [-0.1, -0.05) is 16.3 Å². The van der Waals surface area contributed by atoms with E-state index >= 15 is 0 Å². The summed E-state index contributed by atoms with van der Waals surface area (Å²) in [6.07, 6.45) is 2.60. The van der Waals surface area contributed by atoms with Gasteiger partial charge in [0.1, 0.15) is 0 Å². The van der Waals surface area contributed by atoms with Crippen molar-refractivity contribution in [3.8, 4) is 0 Å². The number of halogens is 1. The number of sulfone groups is 1. The number of hydrogen-bond donors (Lipinski definition) is 2. The third kappa shape index (κ3) is 3.04. The van der Waals surface area contributed by atoms with E-state index in [1.54, 1.807) is 18.3 Å². The summed E-state index contributed by atoms with van der Waals surface area (Å²) in [7, 11) is -2.14. The van der Waals surface area contributed by atoms with Crippen LogP contribution < -0.4 is 11.2 Å². The summed E-state index contributed by atoms with van der Waals surface area (Å²) >= 11 is 6.07. The smallest absolute Gasteiger partial charge is 0.362 e. The molecule has 2 aromatic carbocycles. The summed E-state index contributed by atoms with van der Waals surface area (Å²) in [4.78, 5) is 28.4. The predicted octanol–water partition coefficient (Wildman–Crippen LogP) is 1.64. The Bertz CT molecular complexity index is 1620. The number of rotatable bonds is 3. The SMILES string of the molecule is CN1CCC(n2ncc3ccc(S(=O)(=O)c4ccc(Cl)c5c(=O)n(O)c(=O)[nH]c45)cc32)C1. The highest BCUT2D eigenvalue weighted by atomic mass is 35.5. The molecule has 2 aromatic heterocycles. The van der Waals surface area contributed by atoms with Crippen LogP contribution in [0, 0.1) is 0 Å². The first-order valence-corrected chi connectivity index (χ1v) is 11.6. The second-order valence-electron chi connectivity index (χ2n) is 7.86. The van der Waals surface area contributed by atoms with E-state index in [0.717, 1.165) is 24.9 Å². The van der Waals surface area contributed by atoms with Crippen molar-refractivity contribution >= 4 is 43.2 Å². The minimum absolute atomic E-state index is 0.0178. The maximum absolute atomic E-state index is 13.5. The van der Waals surface area contributed by atoms with Crippen molar-refractivity contribution in [1.82, 2.24) is 24.4 Å². The number of aromatic nitrogens is 4. The first-order valence-electron chi connectivity index (χ1n) is 9.76. The second kappa shape index (κ2) is 7.19. The quantitative estimate of drug-likeness (QED) is 0.431. The third-order valence-electron chi connectivity index (χ3n) is 5.83. The molecule has 0 bridgehead atoms. The fourth-order valence-electron chi connectivity index (χ4n) is 4.19. The first-order chi connectivity index (χ1) is 15.2. The minimum atomic E-state index is -4.16. The molecule has 0 amide bonds. The molecule has 12 heteroatoms. The average molecular weight is 476 g/mol. The molecule has 0 spiro atoms. The topological polar surface area (TPSA) is 130 Å². The highest BCUT2D eigenvalue weighted by Crippen LogP contribution is 2.32. The maximum atomic E-state index is 13.5. The number of nitrogens with zero attached hydrogens (tertiary/aromatic N) is 4. The van der Waals surface area contributed by atoms with Crippen LogP contribution in [0.15, 0.2) is 55.9 Å². The van der Waals surface area contributed by atoms with Crippen molar-refractivity contribution < 1.29 is 13.6 Å². The Kier molecular flexibility index (Phi) is 4.66.